The molecular formula is C18H25N3O4S. The Hall–Kier alpha value is -1.51. The summed E-state index contributed by atoms with van der Waals surface area (Å²) in [6.45, 7) is 3.48. The van der Waals surface area contributed by atoms with Crippen molar-refractivity contribution in [3.63, 3.8) is 0 Å². The molecule has 7 nitrogen and oxygen atoms in total. The zero-order chi connectivity index (χ0) is 18.2. The van der Waals surface area contributed by atoms with Crippen molar-refractivity contribution in [1.82, 2.24) is 14.8 Å². The zero-order valence-corrected chi connectivity index (χ0v) is 15.7. The summed E-state index contributed by atoms with van der Waals surface area (Å²) in [4.78, 5) is 20.4. The molecule has 1 amide bonds. The van der Waals surface area contributed by atoms with Gasteiger partial charge < -0.3 is 14.5 Å². The fourth-order valence-corrected chi connectivity index (χ4v) is 6.04. The van der Waals surface area contributed by atoms with Crippen LogP contribution in [0.4, 0.5) is 0 Å². The molecule has 1 spiro atoms. The van der Waals surface area contributed by atoms with Gasteiger partial charge >= 0.3 is 0 Å². The summed E-state index contributed by atoms with van der Waals surface area (Å²) >= 11 is 0. The molecule has 0 N–H and O–H groups in total. The molecule has 0 radical (unpaired) electrons. The Kier molecular flexibility index (Phi) is 4.75. The smallest absolute Gasteiger partial charge is 0.228 e. The van der Waals surface area contributed by atoms with Crippen LogP contribution >= 0.6 is 0 Å². The van der Waals surface area contributed by atoms with E-state index in [1.54, 1.807) is 11.1 Å². The van der Waals surface area contributed by atoms with Crippen LogP contribution in [0.2, 0.25) is 0 Å². The van der Waals surface area contributed by atoms with Gasteiger partial charge in [-0.05, 0) is 38.1 Å². The number of rotatable bonds is 4. The highest BCUT2D eigenvalue weighted by Crippen LogP contribution is 2.33. The first-order chi connectivity index (χ1) is 12.5. The first-order valence-electron chi connectivity index (χ1n) is 9.21. The molecule has 142 valence electrons. The van der Waals surface area contributed by atoms with E-state index in [-0.39, 0.29) is 24.7 Å². The van der Waals surface area contributed by atoms with Crippen molar-refractivity contribution in [2.75, 3.05) is 45.1 Å². The summed E-state index contributed by atoms with van der Waals surface area (Å²) in [5.74, 6) is -0.0131. The van der Waals surface area contributed by atoms with E-state index in [1.807, 2.05) is 18.2 Å². The van der Waals surface area contributed by atoms with Gasteiger partial charge in [-0.3, -0.25) is 9.78 Å². The van der Waals surface area contributed by atoms with Gasteiger partial charge in [0.05, 0.1) is 37.1 Å². The first-order valence-corrected chi connectivity index (χ1v) is 10.9. The number of amides is 1. The van der Waals surface area contributed by atoms with Crippen LogP contribution in [0.5, 0.6) is 0 Å². The van der Waals surface area contributed by atoms with E-state index >= 15 is 0 Å². The van der Waals surface area contributed by atoms with Crippen LogP contribution in [0, 0.1) is 0 Å². The second-order valence-corrected chi connectivity index (χ2v) is 9.96. The van der Waals surface area contributed by atoms with E-state index < -0.39 is 20.7 Å². The Morgan fingerprint density at radius 2 is 2.04 bits per heavy atom. The normalized spacial score (nSPS) is 27.4. The molecule has 8 heteroatoms. The van der Waals surface area contributed by atoms with Gasteiger partial charge in [-0.25, -0.2) is 8.42 Å². The van der Waals surface area contributed by atoms with E-state index in [9.17, 15) is 13.2 Å². The van der Waals surface area contributed by atoms with Crippen LogP contribution in [0.3, 0.4) is 0 Å². The third-order valence-electron chi connectivity index (χ3n) is 5.58. The van der Waals surface area contributed by atoms with Gasteiger partial charge in [0.1, 0.15) is 5.60 Å². The van der Waals surface area contributed by atoms with Gasteiger partial charge in [-0.15, -0.1) is 0 Å². The summed E-state index contributed by atoms with van der Waals surface area (Å²) in [5, 5.41) is -0.440. The number of carbonyl (C=O) groups excluding carboxylic acids is 1. The average molecular weight is 379 g/mol. The minimum absolute atomic E-state index is 0.0197. The lowest BCUT2D eigenvalue weighted by atomic mass is 9.95. The molecule has 3 fully saturated rings. The number of hydrogen-bond donors (Lipinski definition) is 0. The van der Waals surface area contributed by atoms with E-state index in [2.05, 4.69) is 9.88 Å². The third kappa shape index (κ3) is 3.63. The van der Waals surface area contributed by atoms with Crippen LogP contribution in [0.1, 0.15) is 18.5 Å². The molecule has 0 aromatic carbocycles. The van der Waals surface area contributed by atoms with Crippen molar-refractivity contribution in [3.05, 3.63) is 30.1 Å². The van der Waals surface area contributed by atoms with Crippen molar-refractivity contribution in [3.8, 4) is 0 Å². The number of pyridine rings is 1. The Bertz CT molecular complexity index is 756. The van der Waals surface area contributed by atoms with E-state index in [4.69, 9.17) is 4.74 Å². The number of hydrogen-bond acceptors (Lipinski definition) is 6. The number of carbonyl (C=O) groups is 1. The summed E-state index contributed by atoms with van der Waals surface area (Å²) in [6.07, 6.45) is 4.19. The van der Waals surface area contributed by atoms with E-state index in [0.717, 1.165) is 31.6 Å². The molecular weight excluding hydrogens is 354 g/mol. The van der Waals surface area contributed by atoms with Crippen LogP contribution in [-0.4, -0.2) is 85.0 Å². The maximum absolute atomic E-state index is 12.7. The molecule has 4 heterocycles. The number of nitrogens with zero attached hydrogens (tertiary/aromatic N) is 3. The second-order valence-electron chi connectivity index (χ2n) is 7.68. The molecule has 3 aliphatic rings. The van der Waals surface area contributed by atoms with Crippen molar-refractivity contribution in [1.29, 1.82) is 0 Å². The molecule has 0 aliphatic carbocycles. The van der Waals surface area contributed by atoms with Crippen LogP contribution in [0.25, 0.3) is 0 Å². The lowest BCUT2D eigenvalue weighted by Crippen LogP contribution is -2.71. The van der Waals surface area contributed by atoms with Crippen LogP contribution in [0.15, 0.2) is 24.4 Å². The Morgan fingerprint density at radius 3 is 2.69 bits per heavy atom. The molecule has 1 aromatic heterocycles. The van der Waals surface area contributed by atoms with Gasteiger partial charge in [0, 0.05) is 18.4 Å². The fraction of sp³-hybridized carbons (Fsp3) is 0.667. The maximum atomic E-state index is 12.7. The molecule has 0 saturated carbocycles. The molecule has 3 aliphatic heterocycles. The van der Waals surface area contributed by atoms with Crippen molar-refractivity contribution >= 4 is 15.7 Å². The fourth-order valence-electron chi connectivity index (χ4n) is 4.10. The predicted octanol–water partition coefficient (Wildman–Crippen LogP) is 0.115. The van der Waals surface area contributed by atoms with E-state index in [1.165, 1.54) is 0 Å². The highest BCUT2D eigenvalue weighted by Gasteiger charge is 2.53. The SMILES string of the molecule is O=C(Cc1ccccn1)N1CC2(C1)CS(=O)(=O)[C@@H](CN1CCCC1)CO2. The number of ether oxygens (including phenoxy) is 1. The number of likely N-dealkylation sites (tertiary alicyclic amines) is 2. The van der Waals surface area contributed by atoms with Gasteiger partial charge in [-0.2, -0.15) is 0 Å². The molecule has 1 aromatic rings. The monoisotopic (exact) mass is 379 g/mol. The van der Waals surface area contributed by atoms with Crippen LogP contribution in [-0.2, 0) is 25.8 Å². The Morgan fingerprint density at radius 1 is 1.27 bits per heavy atom. The molecule has 0 bridgehead atoms. The quantitative estimate of drug-likeness (QED) is 0.739. The summed E-state index contributed by atoms with van der Waals surface area (Å²) in [6, 6.07) is 5.48. The zero-order valence-electron chi connectivity index (χ0n) is 14.8. The lowest BCUT2D eigenvalue weighted by molar-refractivity contribution is -0.164. The third-order valence-corrected chi connectivity index (χ3v) is 7.81. The van der Waals surface area contributed by atoms with Gasteiger partial charge in [0.2, 0.25) is 5.91 Å². The summed E-state index contributed by atoms with van der Waals surface area (Å²) in [5.41, 5.74) is 0.0152. The topological polar surface area (TPSA) is 79.8 Å². The number of sulfone groups is 1. The standard InChI is InChI=1S/C18H25N3O4S/c22-17(9-15-5-1-2-6-19-15)21-12-18(13-21)14-26(23,24)16(11-25-18)10-20-7-3-4-8-20/h1-2,5-6,16H,3-4,7-14H2/t16-/m0/s1. The minimum atomic E-state index is -3.20. The molecule has 1 atom stereocenters. The number of aromatic nitrogens is 1. The first kappa shape index (κ1) is 17.9. The Labute approximate surface area is 154 Å². The average Bonchev–Trinajstić information content (AvgIpc) is 3.08. The molecule has 4 rings (SSSR count). The highest BCUT2D eigenvalue weighted by atomic mass is 32.2. The lowest BCUT2D eigenvalue weighted by Gasteiger charge is -2.52. The van der Waals surface area contributed by atoms with Crippen LogP contribution < -0.4 is 0 Å². The van der Waals surface area contributed by atoms with Crippen molar-refractivity contribution < 1.29 is 17.9 Å². The molecule has 0 unspecified atom stereocenters. The molecule has 26 heavy (non-hydrogen) atoms. The van der Waals surface area contributed by atoms with Crippen molar-refractivity contribution in [2.24, 2.45) is 0 Å². The largest absolute Gasteiger partial charge is 0.369 e. The molecule has 3 saturated heterocycles. The van der Waals surface area contributed by atoms with Crippen molar-refractivity contribution in [2.45, 2.75) is 30.1 Å². The maximum Gasteiger partial charge on any atom is 0.228 e. The van der Waals surface area contributed by atoms with Gasteiger partial charge in [-0.1, -0.05) is 6.07 Å². The van der Waals surface area contributed by atoms with E-state index in [0.29, 0.717) is 19.6 Å². The van der Waals surface area contributed by atoms with Gasteiger partial charge in [0.25, 0.3) is 0 Å². The highest BCUT2D eigenvalue weighted by molar-refractivity contribution is 7.92. The second kappa shape index (κ2) is 6.90. The summed E-state index contributed by atoms with van der Waals surface area (Å²) < 4.78 is 31.4. The van der Waals surface area contributed by atoms with Gasteiger partial charge in [0.15, 0.2) is 9.84 Å². The Balaban J connectivity index is 1.32. The predicted molar refractivity (Wildman–Crippen MR) is 96.5 cm³/mol. The minimum Gasteiger partial charge on any atom is -0.369 e. The summed E-state index contributed by atoms with van der Waals surface area (Å²) in [7, 11) is -3.20.